The fourth-order valence-corrected chi connectivity index (χ4v) is 1.32. The summed E-state index contributed by atoms with van der Waals surface area (Å²) in [5.41, 5.74) is 0.641. The van der Waals surface area contributed by atoms with Gasteiger partial charge in [0.05, 0.1) is 11.1 Å². The molecule has 7 heteroatoms. The van der Waals surface area contributed by atoms with Crippen LogP contribution in [-0.4, -0.2) is 29.6 Å². The van der Waals surface area contributed by atoms with E-state index in [0.717, 1.165) is 5.01 Å². The quantitative estimate of drug-likeness (QED) is 0.262. The first-order valence-corrected chi connectivity index (χ1v) is 5.79. The molecule has 20 heavy (non-hydrogen) atoms. The van der Waals surface area contributed by atoms with Gasteiger partial charge in [-0.3, -0.25) is 14.9 Å². The van der Waals surface area contributed by atoms with Crippen LogP contribution in [-0.2, 0) is 4.79 Å². The number of aryl methyl sites for hydroxylation is 1. The molecule has 0 saturated heterocycles. The second-order valence-electron chi connectivity index (χ2n) is 3.92. The highest BCUT2D eigenvalue weighted by Gasteiger charge is 2.09. The van der Waals surface area contributed by atoms with Crippen LogP contribution in [0.5, 0.6) is 5.75 Å². The molecule has 0 aromatic heterocycles. The van der Waals surface area contributed by atoms with Gasteiger partial charge in [-0.2, -0.15) is 5.10 Å². The zero-order valence-electron chi connectivity index (χ0n) is 11.4. The van der Waals surface area contributed by atoms with Crippen LogP contribution in [0.4, 0.5) is 5.69 Å². The van der Waals surface area contributed by atoms with Crippen LogP contribution in [0.3, 0.4) is 0 Å². The number of carbonyl (C=O) groups is 1. The first kappa shape index (κ1) is 15.4. The van der Waals surface area contributed by atoms with Crippen molar-refractivity contribution in [1.29, 1.82) is 0 Å². The number of benzene rings is 1. The number of nitro benzene ring substituents is 1. The molecule has 1 aromatic rings. The fraction of sp³-hybridized carbons (Fsp3) is 0.231. The van der Waals surface area contributed by atoms with Gasteiger partial charge < -0.3 is 4.74 Å². The first-order valence-electron chi connectivity index (χ1n) is 5.79. The minimum atomic E-state index is -0.464. The number of hydrogen-bond donors (Lipinski definition) is 0. The summed E-state index contributed by atoms with van der Waals surface area (Å²) in [6.45, 7) is 3.47. The maximum atomic E-state index is 10.6. The van der Waals surface area contributed by atoms with E-state index in [2.05, 4.69) is 5.10 Å². The van der Waals surface area contributed by atoms with Crippen LogP contribution in [0.15, 0.2) is 35.1 Å². The summed E-state index contributed by atoms with van der Waals surface area (Å²) < 4.78 is 5.57. The van der Waals surface area contributed by atoms with E-state index in [0.29, 0.717) is 23.5 Å². The lowest BCUT2D eigenvalue weighted by molar-refractivity contribution is -0.384. The van der Waals surface area contributed by atoms with Crippen molar-refractivity contribution in [3.63, 3.8) is 0 Å². The van der Waals surface area contributed by atoms with Crippen molar-refractivity contribution in [2.45, 2.75) is 13.8 Å². The summed E-state index contributed by atoms with van der Waals surface area (Å²) in [5.74, 6) is 0.916. The number of hydrazone groups is 1. The molecule has 0 saturated carbocycles. The summed E-state index contributed by atoms with van der Waals surface area (Å²) >= 11 is 0. The van der Waals surface area contributed by atoms with Gasteiger partial charge in [0.15, 0.2) is 0 Å². The van der Waals surface area contributed by atoms with Crippen LogP contribution in [0, 0.1) is 17.0 Å². The van der Waals surface area contributed by atoms with Crippen LogP contribution in [0.1, 0.15) is 12.5 Å². The topological polar surface area (TPSA) is 85.0 Å². The van der Waals surface area contributed by atoms with Crippen molar-refractivity contribution in [1.82, 2.24) is 5.01 Å². The number of non-ortho nitro benzene ring substituents is 1. The molecule has 0 aliphatic rings. The molecule has 106 valence electrons. The van der Waals surface area contributed by atoms with Gasteiger partial charge >= 0.3 is 0 Å². The van der Waals surface area contributed by atoms with Gasteiger partial charge in [0.25, 0.3) is 5.69 Å². The van der Waals surface area contributed by atoms with E-state index in [4.69, 9.17) is 4.74 Å². The van der Waals surface area contributed by atoms with E-state index >= 15 is 0 Å². The van der Waals surface area contributed by atoms with E-state index in [1.165, 1.54) is 31.5 Å². The molecule has 1 aromatic carbocycles. The predicted octanol–water partition coefficient (Wildman–Crippen LogP) is 2.26. The van der Waals surface area contributed by atoms with E-state index in [-0.39, 0.29) is 5.69 Å². The Hall–Kier alpha value is -2.70. The van der Waals surface area contributed by atoms with Gasteiger partial charge in [0, 0.05) is 19.2 Å². The third kappa shape index (κ3) is 4.20. The Morgan fingerprint density at radius 3 is 2.70 bits per heavy atom. The molecule has 0 N–H and O–H groups in total. The van der Waals surface area contributed by atoms with Crippen molar-refractivity contribution in [3.05, 3.63) is 45.7 Å². The summed E-state index contributed by atoms with van der Waals surface area (Å²) in [6, 6.07) is 4.32. The second kappa shape index (κ2) is 7.03. The van der Waals surface area contributed by atoms with Crippen molar-refractivity contribution in [2.24, 2.45) is 5.10 Å². The standard InChI is InChI=1S/C13H15N3O4/c1-4-12(8-14-15(3)9-17)20-13-6-5-11(16(18)19)7-10(13)2/h4-9H,1-3H3/b12-4+,14-8-. The number of carbonyl (C=O) groups excluding carboxylic acids is 1. The second-order valence-corrected chi connectivity index (χ2v) is 3.92. The number of amides is 1. The molecule has 0 fully saturated rings. The third-order valence-corrected chi connectivity index (χ3v) is 2.40. The van der Waals surface area contributed by atoms with E-state index in [9.17, 15) is 14.9 Å². The maximum absolute atomic E-state index is 10.6. The first-order chi connectivity index (χ1) is 9.47. The molecule has 1 rings (SSSR count). The van der Waals surface area contributed by atoms with Crippen LogP contribution < -0.4 is 4.74 Å². The Kier molecular flexibility index (Phi) is 5.40. The van der Waals surface area contributed by atoms with Crippen molar-refractivity contribution < 1.29 is 14.5 Å². The highest BCUT2D eigenvalue weighted by atomic mass is 16.6. The largest absolute Gasteiger partial charge is 0.456 e. The zero-order valence-corrected chi connectivity index (χ0v) is 11.4. The summed E-state index contributed by atoms with van der Waals surface area (Å²) in [4.78, 5) is 20.6. The number of rotatable bonds is 6. The Labute approximate surface area is 116 Å². The Bertz CT molecular complexity index is 567. The Morgan fingerprint density at radius 2 is 2.20 bits per heavy atom. The van der Waals surface area contributed by atoms with E-state index in [1.54, 1.807) is 19.9 Å². The number of nitrogens with zero attached hydrogens (tertiary/aromatic N) is 3. The molecule has 0 atom stereocenters. The molecule has 1 amide bonds. The van der Waals surface area contributed by atoms with Crippen molar-refractivity contribution in [2.75, 3.05) is 7.05 Å². The average molecular weight is 277 g/mol. The number of hydrogen-bond acceptors (Lipinski definition) is 5. The van der Waals surface area contributed by atoms with Crippen LogP contribution in [0.2, 0.25) is 0 Å². The van der Waals surface area contributed by atoms with E-state index < -0.39 is 4.92 Å². The minimum absolute atomic E-state index is 0.00577. The van der Waals surface area contributed by atoms with Gasteiger partial charge in [-0.1, -0.05) is 0 Å². The summed E-state index contributed by atoms with van der Waals surface area (Å²) in [5, 5.41) is 15.6. The lowest BCUT2D eigenvalue weighted by Crippen LogP contribution is -2.09. The normalized spacial score (nSPS) is 11.4. The number of nitro groups is 1. The van der Waals surface area contributed by atoms with Gasteiger partial charge in [-0.15, -0.1) is 0 Å². The van der Waals surface area contributed by atoms with Crippen molar-refractivity contribution >= 4 is 18.3 Å². The number of ether oxygens (including phenoxy) is 1. The van der Waals surface area contributed by atoms with Crippen molar-refractivity contribution in [3.8, 4) is 5.75 Å². The molecular formula is C13H15N3O4. The summed E-state index contributed by atoms with van der Waals surface area (Å²) in [7, 11) is 1.49. The molecule has 0 spiro atoms. The molecule has 0 heterocycles. The zero-order chi connectivity index (χ0) is 15.1. The molecular weight excluding hydrogens is 262 g/mol. The lowest BCUT2D eigenvalue weighted by atomic mass is 10.2. The highest BCUT2D eigenvalue weighted by Crippen LogP contribution is 2.24. The molecule has 0 aliphatic carbocycles. The molecule has 0 bridgehead atoms. The highest BCUT2D eigenvalue weighted by molar-refractivity contribution is 5.77. The smallest absolute Gasteiger partial charge is 0.269 e. The molecule has 0 aliphatic heterocycles. The van der Waals surface area contributed by atoms with Gasteiger partial charge in [0.1, 0.15) is 11.5 Å². The van der Waals surface area contributed by atoms with Gasteiger partial charge in [-0.25, -0.2) is 5.01 Å². The van der Waals surface area contributed by atoms with Gasteiger partial charge in [0.2, 0.25) is 6.41 Å². The van der Waals surface area contributed by atoms with E-state index in [1.807, 2.05) is 0 Å². The predicted molar refractivity (Wildman–Crippen MR) is 74.5 cm³/mol. The van der Waals surface area contributed by atoms with Crippen LogP contribution >= 0.6 is 0 Å². The fourth-order valence-electron chi connectivity index (χ4n) is 1.32. The Balaban J connectivity index is 2.89. The maximum Gasteiger partial charge on any atom is 0.269 e. The lowest BCUT2D eigenvalue weighted by Gasteiger charge is -2.09. The molecule has 0 radical (unpaired) electrons. The average Bonchev–Trinajstić information content (AvgIpc) is 2.44. The minimum Gasteiger partial charge on any atom is -0.456 e. The monoisotopic (exact) mass is 277 g/mol. The Morgan fingerprint density at radius 1 is 1.50 bits per heavy atom. The molecule has 7 nitrogen and oxygen atoms in total. The van der Waals surface area contributed by atoms with Gasteiger partial charge in [-0.05, 0) is 31.6 Å². The SMILES string of the molecule is C/C=C(\C=N/N(C)C=O)Oc1ccc([N+](=O)[O-])cc1C. The third-order valence-electron chi connectivity index (χ3n) is 2.40. The number of allylic oxidation sites excluding steroid dienone is 2. The summed E-state index contributed by atoms with van der Waals surface area (Å²) in [6.07, 6.45) is 3.61. The van der Waals surface area contributed by atoms with Crippen LogP contribution in [0.25, 0.3) is 0 Å². The molecule has 0 unspecified atom stereocenters.